The Balaban J connectivity index is 3.86. The van der Waals surface area contributed by atoms with E-state index in [2.05, 4.69) is 39.4 Å². The van der Waals surface area contributed by atoms with Gasteiger partial charge in [-0.15, -0.1) is 0 Å². The van der Waals surface area contributed by atoms with Crippen LogP contribution in [0.15, 0.2) is 0 Å². The second kappa shape index (κ2) is 7.98. The van der Waals surface area contributed by atoms with E-state index in [-0.39, 0.29) is 0 Å². The molecule has 1 atom stereocenters. The van der Waals surface area contributed by atoms with Crippen molar-refractivity contribution < 1.29 is 14.3 Å². The van der Waals surface area contributed by atoms with Gasteiger partial charge in [0, 0.05) is 6.42 Å². The molecule has 0 aromatic carbocycles. The van der Waals surface area contributed by atoms with Gasteiger partial charge in [0.15, 0.2) is 0 Å². The van der Waals surface area contributed by atoms with Crippen LogP contribution in [0.1, 0.15) is 19.8 Å². The van der Waals surface area contributed by atoms with Gasteiger partial charge in [-0.25, -0.2) is 4.79 Å². The second-order valence-electron chi connectivity index (χ2n) is 2.19. The molecular weight excluding hydrogens is 285 g/mol. The molecule has 0 spiro atoms. The summed E-state index contributed by atoms with van der Waals surface area (Å²) in [6.45, 7) is 1.95. The fraction of sp³-hybridized carbons (Fsp3) is 0.625. The van der Waals surface area contributed by atoms with Gasteiger partial charge in [0.2, 0.25) is 0 Å². The average molecular weight is 297 g/mol. The summed E-state index contributed by atoms with van der Waals surface area (Å²) in [5.74, 6) is 2.69. The fourth-order valence-corrected chi connectivity index (χ4v) is 0.798. The van der Waals surface area contributed by atoms with Crippen LogP contribution in [-0.2, 0) is 9.47 Å². The lowest BCUT2D eigenvalue weighted by Crippen LogP contribution is -2.23. The van der Waals surface area contributed by atoms with E-state index < -0.39 is 12.4 Å². The maximum atomic E-state index is 10.4. The highest BCUT2D eigenvalue weighted by Gasteiger charge is 2.10. The topological polar surface area (TPSA) is 61.6 Å². The molecule has 0 rings (SSSR count). The van der Waals surface area contributed by atoms with Crippen LogP contribution in [0.3, 0.4) is 0 Å². The summed E-state index contributed by atoms with van der Waals surface area (Å²) < 4.78 is 10.3. The summed E-state index contributed by atoms with van der Waals surface area (Å²) in [6, 6.07) is 0. The number of nitrogens with two attached hydrogens (primary N) is 1. The highest BCUT2D eigenvalue weighted by molar-refractivity contribution is 14.1. The third-order valence-electron chi connectivity index (χ3n) is 1.10. The van der Waals surface area contributed by atoms with Crippen molar-refractivity contribution in [1.29, 1.82) is 0 Å². The maximum Gasteiger partial charge on any atom is 0.407 e. The summed E-state index contributed by atoms with van der Waals surface area (Å²) in [5.41, 5.74) is 4.84. The van der Waals surface area contributed by atoms with Gasteiger partial charge in [0.25, 0.3) is 6.29 Å². The van der Waals surface area contributed by atoms with E-state index in [4.69, 9.17) is 10.5 Å². The van der Waals surface area contributed by atoms with Crippen LogP contribution in [0.25, 0.3) is 0 Å². The summed E-state index contributed by atoms with van der Waals surface area (Å²) in [7, 11) is 0. The quantitative estimate of drug-likeness (QED) is 0.371. The average Bonchev–Trinajstić information content (AvgIpc) is 2.04. The largest absolute Gasteiger partial charge is 0.408 e. The van der Waals surface area contributed by atoms with Crippen molar-refractivity contribution in [3.8, 4) is 12.0 Å². The Morgan fingerprint density at radius 2 is 2.38 bits per heavy atom. The van der Waals surface area contributed by atoms with E-state index in [1.165, 1.54) is 0 Å². The lowest BCUT2D eigenvalue weighted by atomic mass is 10.3. The molecule has 0 aliphatic rings. The molecule has 2 N–H and O–H groups in total. The first-order valence-corrected chi connectivity index (χ1v) is 5.38. The van der Waals surface area contributed by atoms with Crippen LogP contribution in [0, 0.1) is 12.0 Å². The van der Waals surface area contributed by atoms with Crippen molar-refractivity contribution in [2.24, 2.45) is 5.73 Å². The number of primary amides is 1. The van der Waals surface area contributed by atoms with Crippen LogP contribution < -0.4 is 5.73 Å². The van der Waals surface area contributed by atoms with E-state index in [1.54, 1.807) is 0 Å². The van der Waals surface area contributed by atoms with E-state index in [0.717, 1.165) is 6.42 Å². The van der Waals surface area contributed by atoms with Crippen LogP contribution in [0.2, 0.25) is 0 Å². The maximum absolute atomic E-state index is 10.4. The van der Waals surface area contributed by atoms with Crippen LogP contribution >= 0.6 is 22.6 Å². The Labute approximate surface area is 91.3 Å². The Morgan fingerprint density at radius 3 is 2.85 bits per heavy atom. The van der Waals surface area contributed by atoms with Crippen LogP contribution in [-0.4, -0.2) is 16.8 Å². The molecule has 13 heavy (non-hydrogen) atoms. The molecule has 74 valence electrons. The van der Waals surface area contributed by atoms with Crippen molar-refractivity contribution >= 4 is 28.7 Å². The molecule has 0 aromatic heterocycles. The van der Waals surface area contributed by atoms with E-state index in [0.29, 0.717) is 10.8 Å². The normalized spacial score (nSPS) is 10.9. The number of halogens is 1. The third-order valence-corrected chi connectivity index (χ3v) is 1.48. The SMILES string of the molecule is CCCC(OC#CCI)OC(N)=O. The van der Waals surface area contributed by atoms with Gasteiger partial charge < -0.3 is 15.2 Å². The Bertz CT molecular complexity index is 209. The first-order valence-electron chi connectivity index (χ1n) is 3.86. The predicted molar refractivity (Wildman–Crippen MR) is 57.1 cm³/mol. The lowest BCUT2D eigenvalue weighted by Gasteiger charge is -2.12. The number of ether oxygens (including phenoxy) is 2. The number of alkyl halides is 1. The minimum absolute atomic E-state index is 0.596. The van der Waals surface area contributed by atoms with Gasteiger partial charge in [0.1, 0.15) is 6.11 Å². The van der Waals surface area contributed by atoms with Gasteiger partial charge in [-0.2, -0.15) is 0 Å². The van der Waals surface area contributed by atoms with Crippen molar-refractivity contribution in [2.45, 2.75) is 26.1 Å². The zero-order valence-corrected chi connectivity index (χ0v) is 9.54. The van der Waals surface area contributed by atoms with Crippen molar-refractivity contribution in [2.75, 3.05) is 4.43 Å². The number of carbonyl (C=O) groups excluding carboxylic acids is 1. The fourth-order valence-electron chi connectivity index (χ4n) is 0.642. The molecule has 0 aliphatic heterocycles. The zero-order chi connectivity index (χ0) is 10.1. The highest BCUT2D eigenvalue weighted by Crippen LogP contribution is 2.02. The molecule has 0 saturated carbocycles. The minimum atomic E-state index is -0.838. The first kappa shape index (κ1) is 12.4. The molecular formula is C8H12INO3. The van der Waals surface area contributed by atoms with Crippen molar-refractivity contribution in [3.05, 3.63) is 0 Å². The van der Waals surface area contributed by atoms with E-state index >= 15 is 0 Å². The number of hydrogen-bond donors (Lipinski definition) is 1. The van der Waals surface area contributed by atoms with Gasteiger partial charge in [0.05, 0.1) is 4.43 Å². The van der Waals surface area contributed by atoms with Gasteiger partial charge in [-0.05, 0) is 12.3 Å². The standard InChI is InChI=1S/C8H12INO3/c1-2-4-7(13-8(10)11)12-6-3-5-9/h7H,2,4-5H2,1H3,(H2,10,11). The van der Waals surface area contributed by atoms with Crippen molar-refractivity contribution in [1.82, 2.24) is 0 Å². The van der Waals surface area contributed by atoms with Gasteiger partial charge >= 0.3 is 6.09 Å². The third kappa shape index (κ3) is 7.71. The van der Waals surface area contributed by atoms with Crippen LogP contribution in [0.5, 0.6) is 0 Å². The molecule has 0 radical (unpaired) electrons. The highest BCUT2D eigenvalue weighted by atomic mass is 127. The Morgan fingerprint density at radius 1 is 1.69 bits per heavy atom. The van der Waals surface area contributed by atoms with Gasteiger partial charge in [-0.1, -0.05) is 29.5 Å². The summed E-state index contributed by atoms with van der Waals surface area (Å²) >= 11 is 2.09. The van der Waals surface area contributed by atoms with E-state index in [1.807, 2.05) is 6.92 Å². The Kier molecular flexibility index (Phi) is 7.59. The van der Waals surface area contributed by atoms with Gasteiger partial charge in [-0.3, -0.25) is 0 Å². The number of carbonyl (C=O) groups is 1. The lowest BCUT2D eigenvalue weighted by molar-refractivity contribution is -0.0529. The second-order valence-corrected chi connectivity index (χ2v) is 2.95. The molecule has 1 amide bonds. The molecule has 0 bridgehead atoms. The monoisotopic (exact) mass is 297 g/mol. The molecule has 4 nitrogen and oxygen atoms in total. The van der Waals surface area contributed by atoms with Crippen molar-refractivity contribution in [3.63, 3.8) is 0 Å². The number of hydrogen-bond acceptors (Lipinski definition) is 3. The molecule has 0 aromatic rings. The van der Waals surface area contributed by atoms with E-state index in [9.17, 15) is 4.79 Å². The molecule has 0 fully saturated rings. The molecule has 0 heterocycles. The molecule has 5 heteroatoms. The first-order chi connectivity index (χ1) is 6.20. The number of rotatable bonds is 4. The zero-order valence-electron chi connectivity index (χ0n) is 7.38. The Hall–Kier alpha value is -0.640. The smallest absolute Gasteiger partial charge is 0.407 e. The van der Waals surface area contributed by atoms with Crippen LogP contribution in [0.4, 0.5) is 4.79 Å². The summed E-state index contributed by atoms with van der Waals surface area (Å²) in [5, 5.41) is 0. The molecule has 0 aliphatic carbocycles. The summed E-state index contributed by atoms with van der Waals surface area (Å²) in [6.07, 6.45) is 2.39. The molecule has 1 unspecified atom stereocenters. The molecule has 0 saturated heterocycles. The minimum Gasteiger partial charge on any atom is -0.408 e. The summed E-state index contributed by atoms with van der Waals surface area (Å²) in [4.78, 5) is 10.4. The number of amides is 1. The predicted octanol–water partition coefficient (Wildman–Crippen LogP) is 1.62.